The van der Waals surface area contributed by atoms with Gasteiger partial charge in [-0.15, -0.1) is 0 Å². The fraction of sp³-hybridized carbons (Fsp3) is 0.714. The zero-order valence-corrected chi connectivity index (χ0v) is 9.74. The van der Waals surface area contributed by atoms with Crippen molar-refractivity contribution in [2.24, 2.45) is 5.92 Å². The van der Waals surface area contributed by atoms with Crippen LogP contribution in [0.15, 0.2) is 24.1 Å². The first-order chi connectivity index (χ1) is 7.84. The maximum atomic E-state index is 13.7. The lowest BCUT2D eigenvalue weighted by Crippen LogP contribution is -2.42. The molecule has 16 heavy (non-hydrogen) atoms. The molecule has 2 aliphatic heterocycles. The van der Waals surface area contributed by atoms with Crippen molar-refractivity contribution in [3.05, 3.63) is 24.1 Å². The van der Waals surface area contributed by atoms with Crippen LogP contribution < -0.4 is 0 Å². The molecule has 3 rings (SSSR count). The molecule has 0 saturated carbocycles. The summed E-state index contributed by atoms with van der Waals surface area (Å²) < 4.78 is 13.7. The van der Waals surface area contributed by atoms with E-state index in [9.17, 15) is 4.39 Å². The van der Waals surface area contributed by atoms with Crippen molar-refractivity contribution < 1.29 is 4.39 Å². The number of fused-ring (bicyclic) bond motifs is 2. The Kier molecular flexibility index (Phi) is 2.84. The molecular formula is C14H20FN. The van der Waals surface area contributed by atoms with E-state index in [1.165, 1.54) is 32.1 Å². The SMILES string of the molecule is FC1=CC=CCC1CN1[C@H]2CCC[C@H]1CC2. The molecule has 0 aromatic rings. The standard InChI is InChI=1S/C14H20FN/c15-14-7-2-1-4-11(14)10-16-12-5-3-6-13(16)9-8-12/h1-2,7,11-13H,3-6,8-10H2/t11?,12-,13-/m0/s1. The predicted octanol–water partition coefficient (Wildman–Crippen LogP) is 3.43. The van der Waals surface area contributed by atoms with Gasteiger partial charge in [0.25, 0.3) is 0 Å². The Hall–Kier alpha value is -0.630. The first-order valence-electron chi connectivity index (χ1n) is 6.62. The normalized spacial score (nSPS) is 38.8. The van der Waals surface area contributed by atoms with E-state index < -0.39 is 0 Å². The van der Waals surface area contributed by atoms with Crippen LogP contribution >= 0.6 is 0 Å². The second-order valence-electron chi connectivity index (χ2n) is 5.43. The minimum absolute atomic E-state index is 0.0903. The second-order valence-corrected chi connectivity index (χ2v) is 5.43. The zero-order valence-electron chi connectivity index (χ0n) is 9.74. The number of rotatable bonds is 2. The van der Waals surface area contributed by atoms with E-state index in [1.807, 2.05) is 6.08 Å². The van der Waals surface area contributed by atoms with Crippen LogP contribution in [0, 0.1) is 5.92 Å². The van der Waals surface area contributed by atoms with Crippen molar-refractivity contribution in [3.8, 4) is 0 Å². The van der Waals surface area contributed by atoms with Gasteiger partial charge in [-0.3, -0.25) is 4.90 Å². The van der Waals surface area contributed by atoms with E-state index in [1.54, 1.807) is 6.08 Å². The highest BCUT2D eigenvalue weighted by atomic mass is 19.1. The Morgan fingerprint density at radius 1 is 1.19 bits per heavy atom. The van der Waals surface area contributed by atoms with E-state index >= 15 is 0 Å². The van der Waals surface area contributed by atoms with Crippen LogP contribution in [0.2, 0.25) is 0 Å². The van der Waals surface area contributed by atoms with Crippen LogP contribution in [0.1, 0.15) is 38.5 Å². The zero-order chi connectivity index (χ0) is 11.0. The molecule has 2 saturated heterocycles. The van der Waals surface area contributed by atoms with Gasteiger partial charge in [0.05, 0.1) is 0 Å². The average molecular weight is 221 g/mol. The Balaban J connectivity index is 1.66. The Bertz CT molecular complexity index is 305. The van der Waals surface area contributed by atoms with E-state index in [0.29, 0.717) is 0 Å². The number of piperidine rings is 1. The van der Waals surface area contributed by atoms with Crippen LogP contribution in [-0.2, 0) is 0 Å². The van der Waals surface area contributed by atoms with Gasteiger partial charge >= 0.3 is 0 Å². The number of nitrogens with zero attached hydrogens (tertiary/aromatic N) is 1. The first kappa shape index (κ1) is 10.5. The molecule has 0 amide bonds. The van der Waals surface area contributed by atoms with Crippen molar-refractivity contribution in [1.82, 2.24) is 4.90 Å². The molecule has 0 radical (unpaired) electrons. The lowest BCUT2D eigenvalue weighted by Gasteiger charge is -2.37. The summed E-state index contributed by atoms with van der Waals surface area (Å²) in [5.41, 5.74) is 0. The van der Waals surface area contributed by atoms with Crippen LogP contribution in [0.4, 0.5) is 4.39 Å². The van der Waals surface area contributed by atoms with Gasteiger partial charge in [0.2, 0.25) is 0 Å². The molecule has 0 aromatic carbocycles. The molecule has 3 atom stereocenters. The third-order valence-corrected chi connectivity index (χ3v) is 4.48. The Labute approximate surface area is 97.0 Å². The molecule has 2 fully saturated rings. The highest BCUT2D eigenvalue weighted by molar-refractivity contribution is 5.16. The number of hydrogen-bond acceptors (Lipinski definition) is 1. The van der Waals surface area contributed by atoms with E-state index in [2.05, 4.69) is 11.0 Å². The Morgan fingerprint density at radius 2 is 1.94 bits per heavy atom. The van der Waals surface area contributed by atoms with Crippen molar-refractivity contribution in [2.45, 2.75) is 50.6 Å². The summed E-state index contributed by atoms with van der Waals surface area (Å²) in [5.74, 6) is 0.221. The van der Waals surface area contributed by atoms with Gasteiger partial charge in [-0.25, -0.2) is 4.39 Å². The summed E-state index contributed by atoms with van der Waals surface area (Å²) in [6, 6.07) is 1.52. The summed E-state index contributed by atoms with van der Waals surface area (Å²) >= 11 is 0. The monoisotopic (exact) mass is 221 g/mol. The van der Waals surface area contributed by atoms with Crippen LogP contribution in [-0.4, -0.2) is 23.5 Å². The number of halogens is 1. The van der Waals surface area contributed by atoms with Crippen molar-refractivity contribution in [1.29, 1.82) is 0 Å². The summed E-state index contributed by atoms with van der Waals surface area (Å²) in [5, 5.41) is 0. The number of allylic oxidation sites excluding steroid dienone is 3. The molecule has 1 nitrogen and oxygen atoms in total. The second kappa shape index (κ2) is 4.33. The molecule has 88 valence electrons. The van der Waals surface area contributed by atoms with Gasteiger partial charge in [0, 0.05) is 24.5 Å². The summed E-state index contributed by atoms with van der Waals surface area (Å²) in [6.07, 6.45) is 13.2. The molecule has 0 N–H and O–H groups in total. The molecule has 1 unspecified atom stereocenters. The molecule has 0 spiro atoms. The van der Waals surface area contributed by atoms with Crippen LogP contribution in [0.5, 0.6) is 0 Å². The van der Waals surface area contributed by atoms with Crippen LogP contribution in [0.3, 0.4) is 0 Å². The molecule has 0 aromatic heterocycles. The smallest absolute Gasteiger partial charge is 0.105 e. The third-order valence-electron chi connectivity index (χ3n) is 4.48. The molecule has 2 heterocycles. The molecular weight excluding hydrogens is 201 g/mol. The predicted molar refractivity (Wildman–Crippen MR) is 63.8 cm³/mol. The molecule has 2 bridgehead atoms. The minimum atomic E-state index is 0.0903. The third kappa shape index (κ3) is 1.84. The van der Waals surface area contributed by atoms with Gasteiger partial charge in [0.1, 0.15) is 5.83 Å². The van der Waals surface area contributed by atoms with Gasteiger partial charge in [0.15, 0.2) is 0 Å². The summed E-state index contributed by atoms with van der Waals surface area (Å²) in [6.45, 7) is 0.946. The molecule has 3 aliphatic rings. The minimum Gasteiger partial charge on any atom is -0.297 e. The first-order valence-corrected chi connectivity index (χ1v) is 6.62. The maximum absolute atomic E-state index is 13.7. The van der Waals surface area contributed by atoms with Crippen LogP contribution in [0.25, 0.3) is 0 Å². The lowest BCUT2D eigenvalue weighted by molar-refractivity contribution is 0.119. The highest BCUT2D eigenvalue weighted by Crippen LogP contribution is 2.37. The maximum Gasteiger partial charge on any atom is 0.105 e. The van der Waals surface area contributed by atoms with E-state index in [4.69, 9.17) is 0 Å². The fourth-order valence-corrected chi connectivity index (χ4v) is 3.59. The van der Waals surface area contributed by atoms with Gasteiger partial charge in [-0.05, 0) is 38.2 Å². The Morgan fingerprint density at radius 3 is 2.62 bits per heavy atom. The largest absolute Gasteiger partial charge is 0.297 e. The molecule has 2 heteroatoms. The summed E-state index contributed by atoms with van der Waals surface area (Å²) in [4.78, 5) is 2.60. The highest BCUT2D eigenvalue weighted by Gasteiger charge is 2.37. The van der Waals surface area contributed by atoms with Crippen molar-refractivity contribution in [2.75, 3.05) is 6.54 Å². The molecule has 1 aliphatic carbocycles. The summed E-state index contributed by atoms with van der Waals surface area (Å²) in [7, 11) is 0. The quantitative estimate of drug-likeness (QED) is 0.690. The van der Waals surface area contributed by atoms with Gasteiger partial charge in [-0.1, -0.05) is 18.6 Å². The van der Waals surface area contributed by atoms with E-state index in [-0.39, 0.29) is 11.7 Å². The lowest BCUT2D eigenvalue weighted by atomic mass is 9.95. The average Bonchev–Trinajstić information content (AvgIpc) is 2.53. The van der Waals surface area contributed by atoms with Gasteiger partial charge < -0.3 is 0 Å². The fourth-order valence-electron chi connectivity index (χ4n) is 3.59. The number of hydrogen-bond donors (Lipinski definition) is 0. The topological polar surface area (TPSA) is 3.24 Å². The van der Waals surface area contributed by atoms with E-state index in [0.717, 1.165) is 25.0 Å². The van der Waals surface area contributed by atoms with Gasteiger partial charge in [-0.2, -0.15) is 0 Å². The van der Waals surface area contributed by atoms with Crippen molar-refractivity contribution >= 4 is 0 Å². The van der Waals surface area contributed by atoms with Crippen molar-refractivity contribution in [3.63, 3.8) is 0 Å².